The lowest BCUT2D eigenvalue weighted by molar-refractivity contribution is 0.103. The third-order valence-corrected chi connectivity index (χ3v) is 3.67. The first-order valence-corrected chi connectivity index (χ1v) is 6.54. The number of methoxy groups -OCH3 is 2. The van der Waals surface area contributed by atoms with Crippen molar-refractivity contribution in [3.8, 4) is 11.5 Å². The molecule has 20 heavy (non-hydrogen) atoms. The van der Waals surface area contributed by atoms with E-state index in [0.717, 1.165) is 0 Å². The molecule has 0 aliphatic rings. The molecule has 2 aromatic carbocycles. The van der Waals surface area contributed by atoms with Crippen molar-refractivity contribution in [3.05, 3.63) is 57.6 Å². The molecular weight excluding hydrogens is 299 g/mol. The van der Waals surface area contributed by atoms with E-state index < -0.39 is 0 Å². The molecule has 0 aliphatic heterocycles. The Balaban J connectivity index is 2.55. The van der Waals surface area contributed by atoms with Crippen LogP contribution in [-0.2, 0) is 0 Å². The summed E-state index contributed by atoms with van der Waals surface area (Å²) in [5, 5.41) is 0.559. The van der Waals surface area contributed by atoms with Gasteiger partial charge in [0.1, 0.15) is 11.5 Å². The zero-order chi connectivity index (χ0) is 14.7. The molecule has 0 aromatic heterocycles. The number of hydrogen-bond donors (Lipinski definition) is 0. The Morgan fingerprint density at radius 2 is 1.75 bits per heavy atom. The molecule has 104 valence electrons. The van der Waals surface area contributed by atoms with Crippen LogP contribution in [0.25, 0.3) is 0 Å². The number of hydrogen-bond acceptors (Lipinski definition) is 3. The standard InChI is InChI=1S/C15H12Cl2O3/c1-19-9-6-7-13(20-2)11(8-9)15(18)10-4-3-5-12(16)14(10)17/h3-8H,1-2H3. The van der Waals surface area contributed by atoms with Crippen LogP contribution in [0.5, 0.6) is 11.5 Å². The molecule has 0 N–H and O–H groups in total. The Labute approximate surface area is 127 Å². The Bertz CT molecular complexity index is 654. The molecule has 0 heterocycles. The topological polar surface area (TPSA) is 35.5 Å². The highest BCUT2D eigenvalue weighted by Crippen LogP contribution is 2.31. The van der Waals surface area contributed by atoms with Gasteiger partial charge in [-0.3, -0.25) is 4.79 Å². The van der Waals surface area contributed by atoms with Crippen molar-refractivity contribution >= 4 is 29.0 Å². The van der Waals surface area contributed by atoms with Crippen LogP contribution >= 0.6 is 23.2 Å². The molecule has 0 aliphatic carbocycles. The molecule has 0 spiro atoms. The van der Waals surface area contributed by atoms with Crippen LogP contribution in [0.4, 0.5) is 0 Å². The number of ketones is 1. The van der Waals surface area contributed by atoms with E-state index in [9.17, 15) is 4.79 Å². The van der Waals surface area contributed by atoms with Crippen molar-refractivity contribution in [2.45, 2.75) is 0 Å². The molecule has 5 heteroatoms. The zero-order valence-electron chi connectivity index (χ0n) is 10.9. The van der Waals surface area contributed by atoms with Gasteiger partial charge in [-0.25, -0.2) is 0 Å². The Hall–Kier alpha value is -1.71. The fraction of sp³-hybridized carbons (Fsp3) is 0.133. The van der Waals surface area contributed by atoms with Gasteiger partial charge in [0.25, 0.3) is 0 Å². The van der Waals surface area contributed by atoms with Crippen molar-refractivity contribution in [1.29, 1.82) is 0 Å². The van der Waals surface area contributed by atoms with Gasteiger partial charge in [-0.05, 0) is 30.3 Å². The predicted octanol–water partition coefficient (Wildman–Crippen LogP) is 4.24. The molecule has 0 saturated heterocycles. The first-order chi connectivity index (χ1) is 9.58. The lowest BCUT2D eigenvalue weighted by Gasteiger charge is -2.11. The molecule has 2 aromatic rings. The van der Waals surface area contributed by atoms with E-state index in [1.54, 1.807) is 36.4 Å². The van der Waals surface area contributed by atoms with Gasteiger partial charge in [0.15, 0.2) is 5.78 Å². The van der Waals surface area contributed by atoms with E-state index >= 15 is 0 Å². The van der Waals surface area contributed by atoms with Crippen molar-refractivity contribution < 1.29 is 14.3 Å². The van der Waals surface area contributed by atoms with Gasteiger partial charge in [0.2, 0.25) is 0 Å². The second-order valence-corrected chi connectivity index (χ2v) is 4.78. The third-order valence-electron chi connectivity index (χ3n) is 2.85. The predicted molar refractivity (Wildman–Crippen MR) is 79.4 cm³/mol. The van der Waals surface area contributed by atoms with Gasteiger partial charge >= 0.3 is 0 Å². The number of benzene rings is 2. The van der Waals surface area contributed by atoms with E-state index in [1.807, 2.05) is 0 Å². The van der Waals surface area contributed by atoms with E-state index in [2.05, 4.69) is 0 Å². The smallest absolute Gasteiger partial charge is 0.198 e. The van der Waals surface area contributed by atoms with E-state index in [0.29, 0.717) is 27.6 Å². The van der Waals surface area contributed by atoms with Crippen molar-refractivity contribution in [2.75, 3.05) is 14.2 Å². The molecule has 0 unspecified atom stereocenters. The second-order valence-electron chi connectivity index (χ2n) is 4.00. The maximum Gasteiger partial charge on any atom is 0.198 e. The molecule has 0 radical (unpaired) electrons. The SMILES string of the molecule is COc1ccc(OC)c(C(=O)c2cccc(Cl)c2Cl)c1. The van der Waals surface area contributed by atoms with Crippen LogP contribution in [0, 0.1) is 0 Å². The molecular formula is C15H12Cl2O3. The monoisotopic (exact) mass is 310 g/mol. The van der Waals surface area contributed by atoms with Gasteiger partial charge in [-0.15, -0.1) is 0 Å². The number of rotatable bonds is 4. The zero-order valence-corrected chi connectivity index (χ0v) is 12.5. The fourth-order valence-electron chi connectivity index (χ4n) is 1.82. The highest BCUT2D eigenvalue weighted by atomic mass is 35.5. The summed E-state index contributed by atoms with van der Waals surface area (Å²) in [5.41, 5.74) is 0.696. The summed E-state index contributed by atoms with van der Waals surface area (Å²) in [4.78, 5) is 12.6. The van der Waals surface area contributed by atoms with E-state index in [1.165, 1.54) is 14.2 Å². The molecule has 0 bridgehead atoms. The van der Waals surface area contributed by atoms with Gasteiger partial charge in [-0.2, -0.15) is 0 Å². The van der Waals surface area contributed by atoms with Crippen molar-refractivity contribution in [2.24, 2.45) is 0 Å². The quantitative estimate of drug-likeness (QED) is 0.792. The summed E-state index contributed by atoms with van der Waals surface area (Å²) in [7, 11) is 3.03. The summed E-state index contributed by atoms with van der Waals surface area (Å²) in [5.74, 6) is 0.743. The van der Waals surface area contributed by atoms with Gasteiger partial charge in [0, 0.05) is 5.56 Å². The third kappa shape index (κ3) is 2.74. The van der Waals surface area contributed by atoms with E-state index in [-0.39, 0.29) is 10.8 Å². The average Bonchev–Trinajstić information content (AvgIpc) is 2.48. The number of carbonyl (C=O) groups excluding carboxylic acids is 1. The number of ether oxygens (including phenoxy) is 2. The largest absolute Gasteiger partial charge is 0.497 e. The average molecular weight is 311 g/mol. The Kier molecular flexibility index (Phi) is 4.53. The summed E-state index contributed by atoms with van der Waals surface area (Å²) >= 11 is 12.0. The van der Waals surface area contributed by atoms with E-state index in [4.69, 9.17) is 32.7 Å². The molecule has 3 nitrogen and oxygen atoms in total. The lowest BCUT2D eigenvalue weighted by Crippen LogP contribution is -2.05. The van der Waals surface area contributed by atoms with Gasteiger partial charge in [0.05, 0.1) is 29.8 Å². The summed E-state index contributed by atoms with van der Waals surface area (Å²) < 4.78 is 10.3. The van der Waals surface area contributed by atoms with Crippen LogP contribution in [-0.4, -0.2) is 20.0 Å². The number of halogens is 2. The van der Waals surface area contributed by atoms with Crippen LogP contribution < -0.4 is 9.47 Å². The normalized spacial score (nSPS) is 10.2. The first-order valence-electron chi connectivity index (χ1n) is 5.79. The minimum Gasteiger partial charge on any atom is -0.497 e. The van der Waals surface area contributed by atoms with Gasteiger partial charge in [-0.1, -0.05) is 29.3 Å². The summed E-state index contributed by atoms with van der Waals surface area (Å²) in [6.45, 7) is 0. The number of carbonyl (C=O) groups is 1. The molecule has 0 fully saturated rings. The van der Waals surface area contributed by atoms with Crippen molar-refractivity contribution in [1.82, 2.24) is 0 Å². The minimum absolute atomic E-state index is 0.226. The minimum atomic E-state index is -0.270. The van der Waals surface area contributed by atoms with Crippen molar-refractivity contribution in [3.63, 3.8) is 0 Å². The first kappa shape index (κ1) is 14.7. The molecule has 0 amide bonds. The highest BCUT2D eigenvalue weighted by molar-refractivity contribution is 6.44. The summed E-state index contributed by atoms with van der Waals surface area (Å²) in [6, 6.07) is 9.92. The van der Waals surface area contributed by atoms with Crippen LogP contribution in [0.3, 0.4) is 0 Å². The second kappa shape index (κ2) is 6.16. The Morgan fingerprint density at radius 1 is 1.00 bits per heavy atom. The Morgan fingerprint density at radius 3 is 2.40 bits per heavy atom. The van der Waals surface area contributed by atoms with Crippen LogP contribution in [0.15, 0.2) is 36.4 Å². The van der Waals surface area contributed by atoms with Crippen LogP contribution in [0.2, 0.25) is 10.0 Å². The molecule has 0 saturated carbocycles. The van der Waals surface area contributed by atoms with Gasteiger partial charge < -0.3 is 9.47 Å². The fourth-order valence-corrected chi connectivity index (χ4v) is 2.20. The molecule has 2 rings (SSSR count). The summed E-state index contributed by atoms with van der Waals surface area (Å²) in [6.07, 6.45) is 0. The van der Waals surface area contributed by atoms with Crippen LogP contribution in [0.1, 0.15) is 15.9 Å². The lowest BCUT2D eigenvalue weighted by atomic mass is 10.0. The highest BCUT2D eigenvalue weighted by Gasteiger charge is 2.19. The maximum absolute atomic E-state index is 12.6. The molecule has 0 atom stereocenters. The maximum atomic E-state index is 12.6.